The van der Waals surface area contributed by atoms with Crippen LogP contribution in [0.1, 0.15) is 24.8 Å². The second kappa shape index (κ2) is 9.58. The Bertz CT molecular complexity index is 845. The van der Waals surface area contributed by atoms with E-state index in [4.69, 9.17) is 9.84 Å². The molecule has 0 aliphatic heterocycles. The molecule has 142 valence electrons. The fourth-order valence-electron chi connectivity index (χ4n) is 2.77. The number of ether oxygens (including phenoxy) is 1. The standard InChI is InChI=1S/C21H25N3O2S/c1-16-6-10-18(11-7-16)24-20(17-8-12-19(26-2)13-9-17)22-23-21(24)27-15-5-3-4-14-25/h6-13,25H,3-5,14-15H2,1-2H3. The molecular formula is C21H25N3O2S. The number of thioether (sulfide) groups is 1. The number of hydrogen-bond donors (Lipinski definition) is 1. The average Bonchev–Trinajstić information content (AvgIpc) is 3.12. The van der Waals surface area contributed by atoms with E-state index in [0.717, 1.165) is 53.0 Å². The lowest BCUT2D eigenvalue weighted by Crippen LogP contribution is -2.00. The minimum Gasteiger partial charge on any atom is -0.497 e. The van der Waals surface area contributed by atoms with E-state index in [1.807, 2.05) is 24.3 Å². The molecule has 0 bridgehead atoms. The van der Waals surface area contributed by atoms with Gasteiger partial charge in [0.1, 0.15) is 5.75 Å². The minimum absolute atomic E-state index is 0.256. The van der Waals surface area contributed by atoms with Gasteiger partial charge >= 0.3 is 0 Å². The molecule has 2 aromatic carbocycles. The number of aliphatic hydroxyl groups is 1. The van der Waals surface area contributed by atoms with Crippen LogP contribution in [0, 0.1) is 6.92 Å². The van der Waals surface area contributed by atoms with Gasteiger partial charge in [-0.05, 0) is 56.2 Å². The van der Waals surface area contributed by atoms with Crippen molar-refractivity contribution in [2.75, 3.05) is 19.5 Å². The summed E-state index contributed by atoms with van der Waals surface area (Å²) in [5, 5.41) is 18.7. The van der Waals surface area contributed by atoms with E-state index in [1.165, 1.54) is 5.56 Å². The summed E-state index contributed by atoms with van der Waals surface area (Å²) in [6.45, 7) is 2.34. The molecule has 0 aliphatic rings. The summed E-state index contributed by atoms with van der Waals surface area (Å²) in [7, 11) is 1.66. The van der Waals surface area contributed by atoms with Gasteiger partial charge in [-0.2, -0.15) is 0 Å². The molecule has 1 N–H and O–H groups in total. The summed E-state index contributed by atoms with van der Waals surface area (Å²) < 4.78 is 7.37. The summed E-state index contributed by atoms with van der Waals surface area (Å²) in [4.78, 5) is 0. The van der Waals surface area contributed by atoms with Crippen molar-refractivity contribution < 1.29 is 9.84 Å². The number of rotatable bonds is 9. The zero-order chi connectivity index (χ0) is 19.1. The van der Waals surface area contributed by atoms with Gasteiger partial charge in [0.25, 0.3) is 0 Å². The highest BCUT2D eigenvalue weighted by atomic mass is 32.2. The van der Waals surface area contributed by atoms with Gasteiger partial charge in [0.15, 0.2) is 11.0 Å². The van der Waals surface area contributed by atoms with Crippen LogP contribution < -0.4 is 4.74 Å². The van der Waals surface area contributed by atoms with E-state index in [2.05, 4.69) is 46.0 Å². The largest absolute Gasteiger partial charge is 0.497 e. The Morgan fingerprint density at radius 3 is 2.37 bits per heavy atom. The minimum atomic E-state index is 0.256. The molecule has 0 saturated carbocycles. The van der Waals surface area contributed by atoms with Crippen molar-refractivity contribution in [1.29, 1.82) is 0 Å². The molecule has 3 rings (SSSR count). The Kier molecular flexibility index (Phi) is 6.90. The number of aliphatic hydroxyl groups excluding tert-OH is 1. The predicted octanol–water partition coefficient (Wildman–Crippen LogP) is 4.51. The van der Waals surface area contributed by atoms with E-state index < -0.39 is 0 Å². The first kappa shape index (κ1) is 19.5. The maximum absolute atomic E-state index is 8.92. The Labute approximate surface area is 164 Å². The molecular weight excluding hydrogens is 358 g/mol. The Hall–Kier alpha value is -2.31. The molecule has 0 saturated heterocycles. The number of nitrogens with zero attached hydrogens (tertiary/aromatic N) is 3. The van der Waals surface area contributed by atoms with Gasteiger partial charge in [-0.15, -0.1) is 10.2 Å². The van der Waals surface area contributed by atoms with Crippen LogP contribution in [0.15, 0.2) is 53.7 Å². The maximum atomic E-state index is 8.92. The molecule has 0 aliphatic carbocycles. The maximum Gasteiger partial charge on any atom is 0.196 e. The summed E-state index contributed by atoms with van der Waals surface area (Å²) in [6.07, 6.45) is 2.92. The van der Waals surface area contributed by atoms with Gasteiger partial charge in [-0.3, -0.25) is 4.57 Å². The number of aryl methyl sites for hydroxylation is 1. The van der Waals surface area contributed by atoms with Crippen LogP contribution in [0.5, 0.6) is 5.75 Å². The number of methoxy groups -OCH3 is 1. The molecule has 0 fully saturated rings. The van der Waals surface area contributed by atoms with E-state index in [1.54, 1.807) is 18.9 Å². The van der Waals surface area contributed by atoms with Crippen LogP contribution in [0.4, 0.5) is 0 Å². The lowest BCUT2D eigenvalue weighted by atomic mass is 10.2. The molecule has 0 radical (unpaired) electrons. The highest BCUT2D eigenvalue weighted by Crippen LogP contribution is 2.29. The topological polar surface area (TPSA) is 60.2 Å². The average molecular weight is 384 g/mol. The van der Waals surface area contributed by atoms with Crippen molar-refractivity contribution in [1.82, 2.24) is 14.8 Å². The van der Waals surface area contributed by atoms with Gasteiger partial charge in [-0.25, -0.2) is 0 Å². The number of hydrogen-bond acceptors (Lipinski definition) is 5. The van der Waals surface area contributed by atoms with E-state index >= 15 is 0 Å². The van der Waals surface area contributed by atoms with Crippen molar-refractivity contribution >= 4 is 11.8 Å². The molecule has 27 heavy (non-hydrogen) atoms. The number of benzene rings is 2. The lowest BCUT2D eigenvalue weighted by Gasteiger charge is -2.11. The second-order valence-electron chi connectivity index (χ2n) is 6.34. The van der Waals surface area contributed by atoms with Crippen molar-refractivity contribution in [3.63, 3.8) is 0 Å². The molecule has 0 unspecified atom stereocenters. The third-order valence-corrected chi connectivity index (χ3v) is 5.32. The normalized spacial score (nSPS) is 10.9. The molecule has 3 aromatic rings. The van der Waals surface area contributed by atoms with E-state index in [-0.39, 0.29) is 6.61 Å². The van der Waals surface area contributed by atoms with Crippen molar-refractivity contribution in [2.45, 2.75) is 31.3 Å². The van der Waals surface area contributed by atoms with E-state index in [9.17, 15) is 0 Å². The van der Waals surface area contributed by atoms with Gasteiger partial charge in [0.2, 0.25) is 0 Å². The van der Waals surface area contributed by atoms with Crippen LogP contribution in [0.3, 0.4) is 0 Å². The predicted molar refractivity (Wildman–Crippen MR) is 110 cm³/mol. The number of unbranched alkanes of at least 4 members (excludes halogenated alkanes) is 2. The lowest BCUT2D eigenvalue weighted by molar-refractivity contribution is 0.284. The third-order valence-electron chi connectivity index (χ3n) is 4.31. The molecule has 1 aromatic heterocycles. The second-order valence-corrected chi connectivity index (χ2v) is 7.40. The van der Waals surface area contributed by atoms with Gasteiger partial charge in [0, 0.05) is 23.6 Å². The fourth-order valence-corrected chi connectivity index (χ4v) is 3.72. The SMILES string of the molecule is COc1ccc(-c2nnc(SCCCCCO)n2-c2ccc(C)cc2)cc1. The van der Waals surface area contributed by atoms with E-state index in [0.29, 0.717) is 0 Å². The summed E-state index contributed by atoms with van der Waals surface area (Å²) >= 11 is 1.70. The highest BCUT2D eigenvalue weighted by molar-refractivity contribution is 7.99. The Morgan fingerprint density at radius 1 is 0.963 bits per heavy atom. The van der Waals surface area contributed by atoms with Crippen LogP contribution in [-0.4, -0.2) is 39.3 Å². The quantitative estimate of drug-likeness (QED) is 0.435. The first-order valence-corrected chi connectivity index (χ1v) is 10.1. The fraction of sp³-hybridized carbons (Fsp3) is 0.333. The molecule has 6 heteroatoms. The molecule has 0 amide bonds. The smallest absolute Gasteiger partial charge is 0.196 e. The third kappa shape index (κ3) is 4.90. The number of aromatic nitrogens is 3. The zero-order valence-electron chi connectivity index (χ0n) is 15.8. The first-order valence-electron chi connectivity index (χ1n) is 9.13. The first-order chi connectivity index (χ1) is 13.2. The van der Waals surface area contributed by atoms with Gasteiger partial charge in [-0.1, -0.05) is 35.9 Å². The van der Waals surface area contributed by atoms with Gasteiger partial charge < -0.3 is 9.84 Å². The molecule has 0 spiro atoms. The highest BCUT2D eigenvalue weighted by Gasteiger charge is 2.16. The zero-order valence-corrected chi connectivity index (χ0v) is 16.6. The summed E-state index contributed by atoms with van der Waals surface area (Å²) in [5.74, 6) is 2.59. The molecule has 0 atom stereocenters. The Balaban J connectivity index is 1.91. The summed E-state index contributed by atoms with van der Waals surface area (Å²) in [5.41, 5.74) is 3.27. The van der Waals surface area contributed by atoms with Crippen molar-refractivity contribution in [2.24, 2.45) is 0 Å². The van der Waals surface area contributed by atoms with Crippen molar-refractivity contribution in [3.8, 4) is 22.8 Å². The molecule has 1 heterocycles. The van der Waals surface area contributed by atoms with Crippen LogP contribution in [-0.2, 0) is 0 Å². The monoisotopic (exact) mass is 383 g/mol. The van der Waals surface area contributed by atoms with Gasteiger partial charge in [0.05, 0.1) is 7.11 Å². The van der Waals surface area contributed by atoms with Crippen LogP contribution >= 0.6 is 11.8 Å². The van der Waals surface area contributed by atoms with Crippen LogP contribution in [0.25, 0.3) is 17.1 Å². The van der Waals surface area contributed by atoms with Crippen LogP contribution in [0.2, 0.25) is 0 Å². The Morgan fingerprint density at radius 2 is 1.70 bits per heavy atom. The van der Waals surface area contributed by atoms with Crippen molar-refractivity contribution in [3.05, 3.63) is 54.1 Å². The molecule has 5 nitrogen and oxygen atoms in total. The summed E-state index contributed by atoms with van der Waals surface area (Å²) in [6, 6.07) is 16.3.